The molecule has 2 saturated heterocycles. The van der Waals surface area contributed by atoms with Gasteiger partial charge in [0.25, 0.3) is 0 Å². The van der Waals surface area contributed by atoms with Crippen molar-refractivity contribution >= 4 is 5.78 Å². The number of allylic oxidation sites excluding steroid dienone is 1. The van der Waals surface area contributed by atoms with Gasteiger partial charge in [-0.2, -0.15) is 0 Å². The Morgan fingerprint density at radius 2 is 1.35 bits per heavy atom. The van der Waals surface area contributed by atoms with E-state index in [1.165, 1.54) is 0 Å². The van der Waals surface area contributed by atoms with Gasteiger partial charge in [0.15, 0.2) is 18.4 Å². The summed E-state index contributed by atoms with van der Waals surface area (Å²) >= 11 is 0. The molecule has 0 saturated carbocycles. The number of ketones is 1. The number of rotatable bonds is 7. The highest BCUT2D eigenvalue weighted by molar-refractivity contribution is 5.91. The Bertz CT molecular complexity index is 739. The maximum absolute atomic E-state index is 11.9. The van der Waals surface area contributed by atoms with Crippen molar-refractivity contribution in [1.29, 1.82) is 0 Å². The van der Waals surface area contributed by atoms with Crippen LogP contribution in [0.5, 0.6) is 0 Å². The minimum Gasteiger partial charge on any atom is -0.394 e. The van der Waals surface area contributed by atoms with Crippen molar-refractivity contribution in [3.8, 4) is 0 Å². The van der Waals surface area contributed by atoms with Crippen LogP contribution in [0.15, 0.2) is 11.6 Å². The van der Waals surface area contributed by atoms with Crippen LogP contribution < -0.4 is 0 Å². The fourth-order valence-corrected chi connectivity index (χ4v) is 4.73. The quantitative estimate of drug-likeness (QED) is 0.193. The van der Waals surface area contributed by atoms with Gasteiger partial charge in [-0.15, -0.1) is 0 Å². The lowest BCUT2D eigenvalue weighted by Gasteiger charge is -2.43. The molecule has 196 valence electrons. The van der Waals surface area contributed by atoms with E-state index in [1.54, 1.807) is 6.08 Å². The minimum atomic E-state index is -1.65. The molecule has 0 aromatic heterocycles. The first-order chi connectivity index (χ1) is 15.9. The van der Waals surface area contributed by atoms with Crippen molar-refractivity contribution in [3.05, 3.63) is 11.6 Å². The summed E-state index contributed by atoms with van der Waals surface area (Å²) in [7, 11) is 0. The smallest absolute Gasteiger partial charge is 0.186 e. The van der Waals surface area contributed by atoms with Gasteiger partial charge in [-0.1, -0.05) is 19.4 Å². The third kappa shape index (κ3) is 5.68. The van der Waals surface area contributed by atoms with E-state index in [2.05, 4.69) is 0 Å². The van der Waals surface area contributed by atoms with Crippen molar-refractivity contribution in [2.75, 3.05) is 19.8 Å². The number of aliphatic hydroxyl groups excluding tert-OH is 7. The highest BCUT2D eigenvalue weighted by Gasteiger charge is 2.48. The molecule has 3 aliphatic rings. The molecule has 0 aromatic rings. The number of aliphatic hydroxyl groups is 7. The summed E-state index contributed by atoms with van der Waals surface area (Å²) in [6.07, 6.45) is -12.8. The summed E-state index contributed by atoms with van der Waals surface area (Å²) in [5, 5.41) is 70.1. The Morgan fingerprint density at radius 3 is 1.88 bits per heavy atom. The van der Waals surface area contributed by atoms with Crippen LogP contribution in [0.25, 0.3) is 0 Å². The molecule has 1 aliphatic carbocycles. The molecular weight excluding hydrogens is 456 g/mol. The van der Waals surface area contributed by atoms with E-state index in [4.69, 9.17) is 18.9 Å². The van der Waals surface area contributed by atoms with Crippen LogP contribution in [0.2, 0.25) is 0 Å². The van der Waals surface area contributed by atoms with E-state index in [-0.39, 0.29) is 23.7 Å². The van der Waals surface area contributed by atoms with E-state index in [1.807, 2.05) is 20.8 Å². The third-order valence-electron chi connectivity index (χ3n) is 6.88. The molecule has 0 spiro atoms. The largest absolute Gasteiger partial charge is 0.394 e. The third-order valence-corrected chi connectivity index (χ3v) is 6.88. The molecule has 0 amide bonds. The van der Waals surface area contributed by atoms with Crippen LogP contribution in [0.1, 0.15) is 27.2 Å². The number of hydrogen-bond acceptors (Lipinski definition) is 12. The topological polar surface area (TPSA) is 196 Å². The second kappa shape index (κ2) is 10.9. The molecule has 12 heteroatoms. The molecule has 0 radical (unpaired) electrons. The molecule has 0 aromatic carbocycles. The molecule has 2 aliphatic heterocycles. The molecule has 0 bridgehead atoms. The average Bonchev–Trinajstić information content (AvgIpc) is 2.76. The zero-order valence-corrected chi connectivity index (χ0v) is 19.4. The Labute approximate surface area is 197 Å². The van der Waals surface area contributed by atoms with Crippen LogP contribution in [0, 0.1) is 11.3 Å². The molecule has 3 rings (SSSR count). The molecule has 2 heterocycles. The van der Waals surface area contributed by atoms with E-state index in [0.29, 0.717) is 6.42 Å². The van der Waals surface area contributed by atoms with Crippen LogP contribution in [-0.2, 0) is 23.7 Å². The van der Waals surface area contributed by atoms with E-state index < -0.39 is 74.6 Å². The summed E-state index contributed by atoms with van der Waals surface area (Å²) in [5.74, 6) is -0.120. The SMILES string of the molecule is CC1=CC(=O)CC(C)(C)C1COC1OC(COC2OC(CO)C(O)C(O)C2O)C(O)C(O)C1O. The lowest BCUT2D eigenvalue weighted by molar-refractivity contribution is -0.332. The molecule has 7 N–H and O–H groups in total. The van der Waals surface area contributed by atoms with Gasteiger partial charge < -0.3 is 54.7 Å². The Balaban J connectivity index is 1.62. The first-order valence-corrected chi connectivity index (χ1v) is 11.3. The molecule has 12 nitrogen and oxygen atoms in total. The van der Waals surface area contributed by atoms with Crippen molar-refractivity contribution in [1.82, 2.24) is 0 Å². The summed E-state index contributed by atoms with van der Waals surface area (Å²) in [4.78, 5) is 11.9. The van der Waals surface area contributed by atoms with Gasteiger partial charge in [0.1, 0.15) is 48.8 Å². The van der Waals surface area contributed by atoms with Gasteiger partial charge in [-0.3, -0.25) is 4.79 Å². The Morgan fingerprint density at radius 1 is 0.853 bits per heavy atom. The second-order valence-corrected chi connectivity index (χ2v) is 9.95. The fourth-order valence-electron chi connectivity index (χ4n) is 4.73. The molecule has 34 heavy (non-hydrogen) atoms. The van der Waals surface area contributed by atoms with Gasteiger partial charge in [0.2, 0.25) is 0 Å². The van der Waals surface area contributed by atoms with Gasteiger partial charge in [0, 0.05) is 12.3 Å². The number of ether oxygens (including phenoxy) is 4. The zero-order chi connectivity index (χ0) is 25.4. The monoisotopic (exact) mass is 492 g/mol. The lowest BCUT2D eigenvalue weighted by atomic mass is 9.68. The normalized spacial score (nSPS) is 45.2. The maximum atomic E-state index is 11.9. The van der Waals surface area contributed by atoms with Crippen molar-refractivity contribution < 1.29 is 59.5 Å². The van der Waals surface area contributed by atoms with Crippen LogP contribution >= 0.6 is 0 Å². The summed E-state index contributed by atoms with van der Waals surface area (Å²) in [5.41, 5.74) is 0.439. The highest BCUT2D eigenvalue weighted by Crippen LogP contribution is 2.40. The maximum Gasteiger partial charge on any atom is 0.186 e. The van der Waals surface area contributed by atoms with Gasteiger partial charge in [0.05, 0.1) is 19.8 Å². The molecular formula is C22H36O12. The predicted molar refractivity (Wildman–Crippen MR) is 113 cm³/mol. The highest BCUT2D eigenvalue weighted by atomic mass is 16.7. The second-order valence-electron chi connectivity index (χ2n) is 9.95. The standard InChI is InChI=1S/C22H36O12/c1-9-4-10(24)5-22(2,3)11(9)7-31-20-19(30)17(28)15(26)13(34-20)8-32-21-18(29)16(27)14(25)12(6-23)33-21/h4,11-21,23,25-30H,5-8H2,1-3H3. The minimum absolute atomic E-state index is 0.0247. The average molecular weight is 493 g/mol. The van der Waals surface area contributed by atoms with E-state index in [9.17, 15) is 40.5 Å². The van der Waals surface area contributed by atoms with Crippen LogP contribution in [0.3, 0.4) is 0 Å². The number of carbonyl (C=O) groups is 1. The Kier molecular flexibility index (Phi) is 8.86. The van der Waals surface area contributed by atoms with Gasteiger partial charge >= 0.3 is 0 Å². The van der Waals surface area contributed by atoms with Crippen LogP contribution in [0.4, 0.5) is 0 Å². The number of carbonyl (C=O) groups excluding carboxylic acids is 1. The summed E-state index contributed by atoms with van der Waals surface area (Å²) < 4.78 is 22.1. The fraction of sp³-hybridized carbons (Fsp3) is 0.864. The van der Waals surface area contributed by atoms with Crippen molar-refractivity contribution in [2.24, 2.45) is 11.3 Å². The van der Waals surface area contributed by atoms with Gasteiger partial charge in [-0.05, 0) is 18.4 Å². The zero-order valence-electron chi connectivity index (χ0n) is 19.4. The van der Waals surface area contributed by atoms with Crippen molar-refractivity contribution in [2.45, 2.75) is 88.6 Å². The molecule has 11 unspecified atom stereocenters. The van der Waals surface area contributed by atoms with E-state index >= 15 is 0 Å². The van der Waals surface area contributed by atoms with Gasteiger partial charge in [-0.25, -0.2) is 0 Å². The van der Waals surface area contributed by atoms with E-state index in [0.717, 1.165) is 5.57 Å². The summed E-state index contributed by atoms with van der Waals surface area (Å²) in [6.45, 7) is 4.71. The van der Waals surface area contributed by atoms with Crippen molar-refractivity contribution in [3.63, 3.8) is 0 Å². The Hall–Kier alpha value is -1.03. The predicted octanol–water partition coefficient (Wildman–Crippen LogP) is -2.81. The lowest BCUT2D eigenvalue weighted by Crippen LogP contribution is -2.61. The van der Waals surface area contributed by atoms with Crippen LogP contribution in [-0.4, -0.2) is 123 Å². The molecule has 11 atom stereocenters. The number of hydrogen-bond donors (Lipinski definition) is 7. The first kappa shape index (κ1) is 27.6. The first-order valence-electron chi connectivity index (χ1n) is 11.3. The molecule has 2 fully saturated rings. The summed E-state index contributed by atoms with van der Waals surface area (Å²) in [6, 6.07) is 0.